The number of benzene rings is 3. The van der Waals surface area contributed by atoms with Crippen molar-refractivity contribution < 1.29 is 31.1 Å². The maximum atomic E-state index is 13.2. The number of nitrogens with one attached hydrogen (secondary N) is 1. The van der Waals surface area contributed by atoms with E-state index in [1.165, 1.54) is 77.8 Å². The van der Waals surface area contributed by atoms with Gasteiger partial charge < -0.3 is 14.8 Å². The second-order valence-corrected chi connectivity index (χ2v) is 11.9. The van der Waals surface area contributed by atoms with Crippen LogP contribution >= 0.6 is 0 Å². The molecule has 0 heterocycles. The molecule has 0 spiro atoms. The Hall–Kier alpha value is -3.61. The van der Waals surface area contributed by atoms with Crippen LogP contribution in [0.3, 0.4) is 0 Å². The molecule has 0 atom stereocenters. The first kappa shape index (κ1) is 27.0. The van der Waals surface area contributed by atoms with Crippen LogP contribution in [0.5, 0.6) is 11.5 Å². The van der Waals surface area contributed by atoms with Crippen molar-refractivity contribution in [1.82, 2.24) is 4.31 Å². The van der Waals surface area contributed by atoms with E-state index >= 15 is 0 Å². The minimum atomic E-state index is -3.99. The SMILES string of the molecule is COc1ccc(N(C)S(=O)(=O)c2cccc(C(=O)Nc3cc(S(=O)(=O)N(C)C)ccc3OC)c2)cc1. The van der Waals surface area contributed by atoms with Crippen LogP contribution in [0.15, 0.2) is 76.5 Å². The van der Waals surface area contributed by atoms with Gasteiger partial charge in [-0.3, -0.25) is 9.10 Å². The van der Waals surface area contributed by atoms with E-state index in [-0.39, 0.29) is 26.8 Å². The number of hydrogen-bond donors (Lipinski definition) is 1. The van der Waals surface area contributed by atoms with Crippen molar-refractivity contribution in [3.05, 3.63) is 72.3 Å². The van der Waals surface area contributed by atoms with E-state index < -0.39 is 26.0 Å². The fraction of sp³-hybridized carbons (Fsp3) is 0.208. The van der Waals surface area contributed by atoms with E-state index in [0.717, 1.165) is 8.61 Å². The molecule has 3 aromatic carbocycles. The summed E-state index contributed by atoms with van der Waals surface area (Å²) >= 11 is 0. The Morgan fingerprint density at radius 2 is 1.42 bits per heavy atom. The fourth-order valence-corrected chi connectivity index (χ4v) is 5.41. The number of hydrogen-bond acceptors (Lipinski definition) is 7. The molecule has 0 unspecified atom stereocenters. The lowest BCUT2D eigenvalue weighted by Crippen LogP contribution is -2.27. The molecule has 0 saturated heterocycles. The van der Waals surface area contributed by atoms with E-state index in [1.54, 1.807) is 24.3 Å². The topological polar surface area (TPSA) is 122 Å². The highest BCUT2D eigenvalue weighted by molar-refractivity contribution is 7.92. The van der Waals surface area contributed by atoms with E-state index in [1.807, 2.05) is 0 Å². The van der Waals surface area contributed by atoms with Crippen molar-refractivity contribution in [2.24, 2.45) is 0 Å². The molecule has 3 aromatic rings. The van der Waals surface area contributed by atoms with Crippen LogP contribution in [-0.4, -0.2) is 62.4 Å². The molecule has 1 N–H and O–H groups in total. The van der Waals surface area contributed by atoms with Crippen molar-refractivity contribution in [2.75, 3.05) is 45.0 Å². The van der Waals surface area contributed by atoms with Gasteiger partial charge in [0, 0.05) is 26.7 Å². The number of nitrogens with zero attached hydrogens (tertiary/aromatic N) is 2. The largest absolute Gasteiger partial charge is 0.497 e. The summed E-state index contributed by atoms with van der Waals surface area (Å²) in [4.78, 5) is 12.9. The normalized spacial score (nSPS) is 11.7. The Morgan fingerprint density at radius 1 is 0.778 bits per heavy atom. The van der Waals surface area contributed by atoms with Gasteiger partial charge in [0.05, 0.1) is 35.4 Å². The first-order chi connectivity index (χ1) is 16.9. The molecule has 0 fully saturated rings. The number of amides is 1. The van der Waals surface area contributed by atoms with Crippen LogP contribution in [0.1, 0.15) is 10.4 Å². The van der Waals surface area contributed by atoms with Gasteiger partial charge in [-0.15, -0.1) is 0 Å². The summed E-state index contributed by atoms with van der Waals surface area (Å²) in [5.41, 5.74) is 0.588. The predicted molar refractivity (Wildman–Crippen MR) is 137 cm³/mol. The summed E-state index contributed by atoms with van der Waals surface area (Å²) in [5.74, 6) is 0.182. The first-order valence-electron chi connectivity index (χ1n) is 10.6. The van der Waals surface area contributed by atoms with Gasteiger partial charge >= 0.3 is 0 Å². The molecule has 10 nitrogen and oxygen atoms in total. The average molecular weight is 534 g/mol. The van der Waals surface area contributed by atoms with Crippen LogP contribution in [0, 0.1) is 0 Å². The van der Waals surface area contributed by atoms with E-state index in [4.69, 9.17) is 9.47 Å². The average Bonchev–Trinajstić information content (AvgIpc) is 2.88. The molecule has 192 valence electrons. The molecule has 12 heteroatoms. The van der Waals surface area contributed by atoms with Crippen molar-refractivity contribution >= 4 is 37.3 Å². The number of methoxy groups -OCH3 is 2. The third kappa shape index (κ3) is 5.45. The van der Waals surface area contributed by atoms with Crippen molar-refractivity contribution in [3.8, 4) is 11.5 Å². The molecule has 0 bridgehead atoms. The van der Waals surface area contributed by atoms with E-state index in [2.05, 4.69) is 5.32 Å². The summed E-state index contributed by atoms with van der Waals surface area (Å²) < 4.78 is 63.9. The van der Waals surface area contributed by atoms with Gasteiger partial charge in [-0.2, -0.15) is 0 Å². The number of carbonyl (C=O) groups excluding carboxylic acids is 1. The number of carbonyl (C=O) groups is 1. The fourth-order valence-electron chi connectivity index (χ4n) is 3.24. The van der Waals surface area contributed by atoms with Crippen molar-refractivity contribution in [3.63, 3.8) is 0 Å². The molecular weight excluding hydrogens is 506 g/mol. The van der Waals surface area contributed by atoms with Crippen LogP contribution in [-0.2, 0) is 20.0 Å². The Balaban J connectivity index is 1.92. The van der Waals surface area contributed by atoms with Crippen molar-refractivity contribution in [1.29, 1.82) is 0 Å². The molecule has 3 rings (SSSR count). The molecule has 0 saturated carbocycles. The highest BCUT2D eigenvalue weighted by Gasteiger charge is 2.24. The van der Waals surface area contributed by atoms with E-state index in [0.29, 0.717) is 11.4 Å². The Bertz CT molecular complexity index is 1470. The van der Waals surface area contributed by atoms with Gasteiger partial charge in [0.15, 0.2) is 0 Å². The van der Waals surface area contributed by atoms with Gasteiger partial charge in [0.1, 0.15) is 11.5 Å². The minimum absolute atomic E-state index is 0.0407. The second-order valence-electron chi connectivity index (χ2n) is 7.80. The second kappa shape index (κ2) is 10.6. The molecule has 0 aromatic heterocycles. The third-order valence-corrected chi connectivity index (χ3v) is 8.98. The third-order valence-electron chi connectivity index (χ3n) is 5.39. The summed E-state index contributed by atoms with van der Waals surface area (Å²) in [5, 5.41) is 2.61. The summed E-state index contributed by atoms with van der Waals surface area (Å²) in [6, 6.07) is 16.1. The molecule has 0 aliphatic rings. The number of ether oxygens (including phenoxy) is 2. The van der Waals surface area contributed by atoms with Crippen LogP contribution in [0.25, 0.3) is 0 Å². The first-order valence-corrected chi connectivity index (χ1v) is 13.4. The molecule has 1 amide bonds. The van der Waals surface area contributed by atoms with Gasteiger partial charge in [-0.25, -0.2) is 21.1 Å². The zero-order valence-electron chi connectivity index (χ0n) is 20.4. The number of sulfonamides is 2. The smallest absolute Gasteiger partial charge is 0.264 e. The maximum Gasteiger partial charge on any atom is 0.264 e. The standard InChI is InChI=1S/C24H27N3O7S2/c1-26(2)35(29,30)21-13-14-23(34-5)22(16-21)25-24(28)17-7-6-8-20(15-17)36(31,32)27(3)18-9-11-19(33-4)12-10-18/h6-16H,1-5H3,(H,25,28). The van der Waals surface area contributed by atoms with Crippen molar-refractivity contribution in [2.45, 2.75) is 9.79 Å². The lowest BCUT2D eigenvalue weighted by atomic mass is 10.2. The van der Waals surface area contributed by atoms with Crippen LogP contribution in [0.2, 0.25) is 0 Å². The molecule has 0 radical (unpaired) electrons. The zero-order valence-corrected chi connectivity index (χ0v) is 22.1. The lowest BCUT2D eigenvalue weighted by Gasteiger charge is -2.20. The Kier molecular flexibility index (Phi) is 7.92. The van der Waals surface area contributed by atoms with Gasteiger partial charge in [-0.05, 0) is 60.7 Å². The highest BCUT2D eigenvalue weighted by atomic mass is 32.2. The Labute approximate surface area is 211 Å². The van der Waals surface area contributed by atoms with Gasteiger partial charge in [0.25, 0.3) is 15.9 Å². The van der Waals surface area contributed by atoms with Gasteiger partial charge in [0.2, 0.25) is 10.0 Å². The number of anilines is 2. The minimum Gasteiger partial charge on any atom is -0.497 e. The van der Waals surface area contributed by atoms with Crippen LogP contribution in [0.4, 0.5) is 11.4 Å². The summed E-state index contributed by atoms with van der Waals surface area (Å²) in [6.07, 6.45) is 0. The van der Waals surface area contributed by atoms with Gasteiger partial charge in [-0.1, -0.05) is 6.07 Å². The predicted octanol–water partition coefficient (Wildman–Crippen LogP) is 3.03. The quantitative estimate of drug-likeness (QED) is 0.449. The zero-order chi connectivity index (χ0) is 26.7. The lowest BCUT2D eigenvalue weighted by molar-refractivity contribution is 0.102. The highest BCUT2D eigenvalue weighted by Crippen LogP contribution is 2.30. The number of rotatable bonds is 9. The molecule has 0 aliphatic heterocycles. The summed E-state index contributed by atoms with van der Waals surface area (Å²) in [7, 11) is -0.649. The van der Waals surface area contributed by atoms with Crippen LogP contribution < -0.4 is 19.1 Å². The molecule has 0 aliphatic carbocycles. The van der Waals surface area contributed by atoms with E-state index in [9.17, 15) is 21.6 Å². The monoisotopic (exact) mass is 533 g/mol. The maximum absolute atomic E-state index is 13.2. The Morgan fingerprint density at radius 3 is 2.00 bits per heavy atom. The summed E-state index contributed by atoms with van der Waals surface area (Å²) in [6.45, 7) is 0. The molecule has 36 heavy (non-hydrogen) atoms. The molecular formula is C24H27N3O7S2.